The topological polar surface area (TPSA) is 32.3 Å². The molecule has 1 unspecified atom stereocenters. The second-order valence-electron chi connectivity index (χ2n) is 4.56. The molecule has 1 amide bonds. The largest absolute Gasteiger partial charge is 0.401 e. The number of carbonyl (C=O) groups excluding carboxylic acids is 1. The summed E-state index contributed by atoms with van der Waals surface area (Å²) in [5.74, 6) is 0.139. The zero-order valence-corrected chi connectivity index (χ0v) is 10.0. The number of nitrogens with one attached hydrogen (secondary N) is 1. The van der Waals surface area contributed by atoms with Crippen LogP contribution in [0.1, 0.15) is 26.2 Å². The first kappa shape index (κ1) is 14.3. The van der Waals surface area contributed by atoms with Crippen LogP contribution in [0.25, 0.3) is 0 Å². The molecule has 0 saturated carbocycles. The van der Waals surface area contributed by atoms with Crippen LogP contribution in [-0.2, 0) is 4.79 Å². The van der Waals surface area contributed by atoms with E-state index in [0.29, 0.717) is 26.1 Å². The summed E-state index contributed by atoms with van der Waals surface area (Å²) in [6.45, 7) is 2.46. The second kappa shape index (κ2) is 6.23. The molecule has 1 aliphatic rings. The summed E-state index contributed by atoms with van der Waals surface area (Å²) in [5, 5.41) is 2.76. The molecule has 100 valence electrons. The molecule has 1 fully saturated rings. The zero-order chi connectivity index (χ0) is 12.9. The van der Waals surface area contributed by atoms with E-state index in [9.17, 15) is 18.0 Å². The normalized spacial score (nSPS) is 21.8. The highest BCUT2D eigenvalue weighted by atomic mass is 19.4. The summed E-state index contributed by atoms with van der Waals surface area (Å²) < 4.78 is 36.4. The maximum atomic E-state index is 12.1. The molecule has 0 aromatic carbocycles. The van der Waals surface area contributed by atoms with Gasteiger partial charge in [0.1, 0.15) is 0 Å². The highest BCUT2D eigenvalue weighted by Gasteiger charge is 2.34. The summed E-state index contributed by atoms with van der Waals surface area (Å²) in [6.07, 6.45) is -2.13. The van der Waals surface area contributed by atoms with E-state index < -0.39 is 12.7 Å². The van der Waals surface area contributed by atoms with Crippen molar-refractivity contribution in [1.29, 1.82) is 0 Å². The monoisotopic (exact) mass is 252 g/mol. The van der Waals surface area contributed by atoms with Crippen molar-refractivity contribution < 1.29 is 18.0 Å². The number of alkyl halides is 3. The van der Waals surface area contributed by atoms with Gasteiger partial charge in [-0.05, 0) is 25.3 Å². The van der Waals surface area contributed by atoms with Gasteiger partial charge < -0.3 is 5.32 Å². The van der Waals surface area contributed by atoms with Crippen LogP contribution in [0, 0.1) is 5.92 Å². The summed E-state index contributed by atoms with van der Waals surface area (Å²) in [6, 6.07) is 0. The maximum absolute atomic E-state index is 12.1. The first-order chi connectivity index (χ1) is 7.90. The molecule has 0 spiro atoms. The Balaban J connectivity index is 2.20. The zero-order valence-electron chi connectivity index (χ0n) is 10.0. The van der Waals surface area contributed by atoms with Crippen molar-refractivity contribution in [3.05, 3.63) is 0 Å². The Morgan fingerprint density at radius 1 is 1.47 bits per heavy atom. The van der Waals surface area contributed by atoms with E-state index >= 15 is 0 Å². The van der Waals surface area contributed by atoms with Gasteiger partial charge in [-0.1, -0.05) is 6.92 Å². The lowest BCUT2D eigenvalue weighted by molar-refractivity contribution is -0.143. The molecule has 1 N–H and O–H groups in total. The molecular weight excluding hydrogens is 233 g/mol. The molecule has 1 rings (SSSR count). The third-order valence-corrected chi connectivity index (χ3v) is 2.84. The Labute approximate surface area is 99.4 Å². The van der Waals surface area contributed by atoms with Gasteiger partial charge in [-0.25, -0.2) is 0 Å². The molecule has 0 aromatic heterocycles. The molecule has 3 nitrogen and oxygen atoms in total. The molecule has 6 heteroatoms. The lowest BCUT2D eigenvalue weighted by Crippen LogP contribution is -2.34. The highest BCUT2D eigenvalue weighted by molar-refractivity contribution is 5.75. The minimum atomic E-state index is -4.12. The van der Waals surface area contributed by atoms with Gasteiger partial charge >= 0.3 is 6.18 Å². The Morgan fingerprint density at radius 3 is 2.76 bits per heavy atom. The van der Waals surface area contributed by atoms with Crippen LogP contribution in [0.15, 0.2) is 0 Å². The van der Waals surface area contributed by atoms with E-state index in [1.54, 1.807) is 0 Å². The number of rotatable bonds is 5. The number of amides is 1. The fourth-order valence-corrected chi connectivity index (χ4v) is 2.05. The number of nitrogens with zero attached hydrogens (tertiary/aromatic N) is 1. The Hall–Kier alpha value is -0.780. The van der Waals surface area contributed by atoms with E-state index in [4.69, 9.17) is 0 Å². The van der Waals surface area contributed by atoms with Crippen LogP contribution >= 0.6 is 0 Å². The van der Waals surface area contributed by atoms with Crippen molar-refractivity contribution in [3.8, 4) is 0 Å². The van der Waals surface area contributed by atoms with Crippen LogP contribution in [0.3, 0.4) is 0 Å². The number of halogens is 3. The fraction of sp³-hybridized carbons (Fsp3) is 0.909. The molecule has 1 atom stereocenters. The Bertz CT molecular complexity index is 256. The van der Waals surface area contributed by atoms with Gasteiger partial charge in [0.25, 0.3) is 0 Å². The number of likely N-dealkylation sites (tertiary alicyclic amines) is 1. The Morgan fingerprint density at radius 2 is 2.18 bits per heavy atom. The SMILES string of the molecule is CCCC(=O)NCC1CCN(CC(F)(F)F)C1. The summed E-state index contributed by atoms with van der Waals surface area (Å²) in [7, 11) is 0. The van der Waals surface area contributed by atoms with Crippen LogP contribution in [0.2, 0.25) is 0 Å². The number of carbonyl (C=O) groups is 1. The minimum absolute atomic E-state index is 0.0122. The molecule has 17 heavy (non-hydrogen) atoms. The first-order valence-electron chi connectivity index (χ1n) is 5.96. The fourth-order valence-electron chi connectivity index (χ4n) is 2.05. The first-order valence-corrected chi connectivity index (χ1v) is 5.96. The predicted molar refractivity (Wildman–Crippen MR) is 58.5 cm³/mol. The summed E-state index contributed by atoms with van der Waals surface area (Å²) in [4.78, 5) is 12.6. The molecule has 0 bridgehead atoms. The molecular formula is C11H19F3N2O. The lowest BCUT2D eigenvalue weighted by Gasteiger charge is -2.17. The minimum Gasteiger partial charge on any atom is -0.356 e. The average molecular weight is 252 g/mol. The quantitative estimate of drug-likeness (QED) is 0.809. The van der Waals surface area contributed by atoms with Gasteiger partial charge in [0.15, 0.2) is 0 Å². The van der Waals surface area contributed by atoms with Gasteiger partial charge in [0.05, 0.1) is 6.54 Å². The van der Waals surface area contributed by atoms with Crippen LogP contribution in [-0.4, -0.2) is 43.2 Å². The number of hydrogen-bond donors (Lipinski definition) is 1. The van der Waals surface area contributed by atoms with Gasteiger partial charge in [-0.3, -0.25) is 9.69 Å². The molecule has 0 aromatic rings. The third kappa shape index (κ3) is 5.91. The van der Waals surface area contributed by atoms with Crippen molar-refractivity contribution in [3.63, 3.8) is 0 Å². The molecule has 1 aliphatic heterocycles. The lowest BCUT2D eigenvalue weighted by atomic mass is 10.1. The van der Waals surface area contributed by atoms with Gasteiger partial charge in [0, 0.05) is 19.5 Å². The molecule has 0 aliphatic carbocycles. The van der Waals surface area contributed by atoms with Crippen LogP contribution in [0.4, 0.5) is 13.2 Å². The number of hydrogen-bond acceptors (Lipinski definition) is 2. The van der Waals surface area contributed by atoms with Crippen molar-refractivity contribution in [2.24, 2.45) is 5.92 Å². The summed E-state index contributed by atoms with van der Waals surface area (Å²) in [5.41, 5.74) is 0. The van der Waals surface area contributed by atoms with E-state index in [0.717, 1.165) is 12.8 Å². The van der Waals surface area contributed by atoms with Crippen LogP contribution < -0.4 is 5.32 Å². The predicted octanol–water partition coefficient (Wildman–Crippen LogP) is 1.79. The summed E-state index contributed by atoms with van der Waals surface area (Å²) >= 11 is 0. The maximum Gasteiger partial charge on any atom is 0.401 e. The van der Waals surface area contributed by atoms with Crippen LogP contribution in [0.5, 0.6) is 0 Å². The Kier molecular flexibility index (Phi) is 5.24. The average Bonchev–Trinajstić information content (AvgIpc) is 2.60. The van der Waals surface area contributed by atoms with E-state index in [-0.39, 0.29) is 11.8 Å². The van der Waals surface area contributed by atoms with Gasteiger partial charge in [-0.15, -0.1) is 0 Å². The van der Waals surface area contributed by atoms with Crippen molar-refractivity contribution in [2.75, 3.05) is 26.2 Å². The van der Waals surface area contributed by atoms with E-state index in [1.165, 1.54) is 4.90 Å². The molecule has 0 radical (unpaired) electrons. The van der Waals surface area contributed by atoms with Gasteiger partial charge in [-0.2, -0.15) is 13.2 Å². The van der Waals surface area contributed by atoms with E-state index in [2.05, 4.69) is 5.32 Å². The smallest absolute Gasteiger partial charge is 0.356 e. The standard InChI is InChI=1S/C11H19F3N2O/c1-2-3-10(17)15-6-9-4-5-16(7-9)8-11(12,13)14/h9H,2-8H2,1H3,(H,15,17). The van der Waals surface area contributed by atoms with Crippen molar-refractivity contribution in [1.82, 2.24) is 10.2 Å². The third-order valence-electron chi connectivity index (χ3n) is 2.84. The van der Waals surface area contributed by atoms with Crippen molar-refractivity contribution in [2.45, 2.75) is 32.4 Å². The van der Waals surface area contributed by atoms with Gasteiger partial charge in [0.2, 0.25) is 5.91 Å². The molecule has 1 saturated heterocycles. The molecule has 1 heterocycles. The van der Waals surface area contributed by atoms with E-state index in [1.807, 2.05) is 6.92 Å². The highest BCUT2D eigenvalue weighted by Crippen LogP contribution is 2.22. The second-order valence-corrected chi connectivity index (χ2v) is 4.56. The van der Waals surface area contributed by atoms with Crippen molar-refractivity contribution >= 4 is 5.91 Å².